The Kier molecular flexibility index (Phi) is 6.68. The number of carbonyl (C=O) groups is 3. The Balaban J connectivity index is 4.77. The first-order valence-corrected chi connectivity index (χ1v) is 7.21. The van der Waals surface area contributed by atoms with Crippen molar-refractivity contribution in [1.29, 1.82) is 0 Å². The number of hydrogen-bond donors (Lipinski definition) is 5. The van der Waals surface area contributed by atoms with Crippen LogP contribution in [0.25, 0.3) is 0 Å². The van der Waals surface area contributed by atoms with Crippen molar-refractivity contribution in [2.45, 2.75) is 31.0 Å². The smallest absolute Gasteiger partial charge is 0.320 e. The number of hydrogen-bond acceptors (Lipinski definition) is 5. The fourth-order valence-electron chi connectivity index (χ4n) is 1.39. The Morgan fingerprint density at radius 2 is 1.47 bits per heavy atom. The summed E-state index contributed by atoms with van der Waals surface area (Å²) in [6.45, 7) is 0. The maximum Gasteiger partial charge on any atom is 0.320 e. The van der Waals surface area contributed by atoms with Gasteiger partial charge in [0.2, 0.25) is 7.37 Å². The molecule has 0 spiro atoms. The lowest BCUT2D eigenvalue weighted by Crippen LogP contribution is -2.31. The summed E-state index contributed by atoms with van der Waals surface area (Å²) in [5.41, 5.74) is 3.71. The van der Waals surface area contributed by atoms with E-state index >= 15 is 0 Å². The van der Waals surface area contributed by atoms with Crippen LogP contribution in [0.3, 0.4) is 0 Å². The highest BCUT2D eigenvalue weighted by Crippen LogP contribution is 2.49. The topological polar surface area (TPSA) is 175 Å². The first-order valence-electron chi connectivity index (χ1n) is 5.29. The summed E-state index contributed by atoms with van der Waals surface area (Å²) in [6.07, 6.45) is -2.42. The maximum atomic E-state index is 11.9. The largest absolute Gasteiger partial charge is 0.481 e. The van der Waals surface area contributed by atoms with Crippen molar-refractivity contribution in [3.05, 3.63) is 0 Å². The minimum absolute atomic E-state index is 0.334. The van der Waals surface area contributed by atoms with Crippen molar-refractivity contribution < 1.29 is 39.2 Å². The van der Waals surface area contributed by atoms with Gasteiger partial charge in [0, 0.05) is 6.16 Å². The molecule has 9 nitrogen and oxygen atoms in total. The first kappa shape index (κ1) is 17.6. The predicted molar refractivity (Wildman–Crippen MR) is 63.2 cm³/mol. The van der Waals surface area contributed by atoms with Crippen molar-refractivity contribution >= 4 is 25.3 Å². The van der Waals surface area contributed by atoms with Crippen LogP contribution in [0, 0.1) is 0 Å². The van der Waals surface area contributed by atoms with Crippen LogP contribution in [-0.4, -0.2) is 56.0 Å². The van der Waals surface area contributed by atoms with Crippen molar-refractivity contribution in [2.75, 3.05) is 6.16 Å². The highest BCUT2D eigenvalue weighted by atomic mass is 31.2. The zero-order valence-corrected chi connectivity index (χ0v) is 10.8. The third kappa shape index (κ3) is 6.90. The lowest BCUT2D eigenvalue weighted by molar-refractivity contribution is -0.140. The van der Waals surface area contributed by atoms with Gasteiger partial charge < -0.3 is 25.9 Å². The average molecular weight is 297 g/mol. The molecule has 0 saturated heterocycles. The fraction of sp³-hybridized carbons (Fsp3) is 0.667. The molecule has 1 unspecified atom stereocenters. The van der Waals surface area contributed by atoms with E-state index in [9.17, 15) is 23.8 Å². The SMILES string of the molecule is N[C@@H](CCP(=O)(O)C(CC(=O)O)CC(=O)O)C(=O)O. The highest BCUT2D eigenvalue weighted by Gasteiger charge is 2.35. The highest BCUT2D eigenvalue weighted by molar-refractivity contribution is 7.58. The molecule has 110 valence electrons. The summed E-state index contributed by atoms with van der Waals surface area (Å²) < 4.78 is 11.9. The first-order chi connectivity index (χ1) is 8.56. The molecular weight excluding hydrogens is 281 g/mol. The molecule has 0 heterocycles. The third-order valence-corrected chi connectivity index (χ3v) is 4.87. The minimum Gasteiger partial charge on any atom is -0.481 e. The fourth-order valence-corrected chi connectivity index (χ4v) is 3.29. The molecule has 0 radical (unpaired) electrons. The van der Waals surface area contributed by atoms with E-state index in [4.69, 9.17) is 21.1 Å². The van der Waals surface area contributed by atoms with Gasteiger partial charge in [0.15, 0.2) is 0 Å². The quantitative estimate of drug-likeness (QED) is 0.347. The number of aliphatic carboxylic acids is 3. The molecule has 0 amide bonds. The Morgan fingerprint density at radius 3 is 1.79 bits per heavy atom. The van der Waals surface area contributed by atoms with Gasteiger partial charge in [-0.25, -0.2) is 0 Å². The lowest BCUT2D eigenvalue weighted by atomic mass is 10.2. The second-order valence-electron chi connectivity index (χ2n) is 4.06. The molecule has 0 aromatic heterocycles. The van der Waals surface area contributed by atoms with E-state index in [2.05, 4.69) is 0 Å². The van der Waals surface area contributed by atoms with Crippen LogP contribution in [0.4, 0.5) is 0 Å². The second-order valence-corrected chi connectivity index (χ2v) is 6.75. The summed E-state index contributed by atoms with van der Waals surface area (Å²) in [7, 11) is -4.11. The third-order valence-electron chi connectivity index (χ3n) is 2.47. The van der Waals surface area contributed by atoms with E-state index in [1.807, 2.05) is 0 Å². The van der Waals surface area contributed by atoms with Gasteiger partial charge in [-0.15, -0.1) is 0 Å². The number of nitrogens with two attached hydrogens (primary N) is 1. The molecule has 2 atom stereocenters. The van der Waals surface area contributed by atoms with Gasteiger partial charge in [0.1, 0.15) is 6.04 Å². The molecule has 6 N–H and O–H groups in total. The second kappa shape index (κ2) is 7.22. The summed E-state index contributed by atoms with van der Waals surface area (Å²) in [5, 5.41) is 25.7. The summed E-state index contributed by atoms with van der Waals surface area (Å²) in [4.78, 5) is 41.2. The van der Waals surface area contributed by atoms with Crippen molar-refractivity contribution in [2.24, 2.45) is 5.73 Å². The van der Waals surface area contributed by atoms with Gasteiger partial charge in [-0.1, -0.05) is 0 Å². The van der Waals surface area contributed by atoms with E-state index < -0.39 is 56.0 Å². The molecule has 10 heteroatoms. The van der Waals surface area contributed by atoms with Crippen molar-refractivity contribution in [3.63, 3.8) is 0 Å². The van der Waals surface area contributed by atoms with Gasteiger partial charge in [-0.05, 0) is 6.42 Å². The standard InChI is InChI=1S/C9H16NO8P/c10-6(9(15)16)1-2-19(17,18)5(3-7(11)12)4-8(13)14/h5-6H,1-4,10H2,(H,11,12)(H,13,14)(H,15,16)(H,17,18)/t6-/m0/s1. The van der Waals surface area contributed by atoms with Gasteiger partial charge in [0.25, 0.3) is 0 Å². The lowest BCUT2D eigenvalue weighted by Gasteiger charge is -2.20. The predicted octanol–water partition coefficient (Wildman–Crippen LogP) is -0.623. The van der Waals surface area contributed by atoms with E-state index in [1.54, 1.807) is 0 Å². The molecule has 0 rings (SSSR count). The monoisotopic (exact) mass is 297 g/mol. The van der Waals surface area contributed by atoms with E-state index in [0.29, 0.717) is 0 Å². The molecule has 0 fully saturated rings. The molecule has 0 aliphatic heterocycles. The summed E-state index contributed by atoms with van der Waals surface area (Å²) >= 11 is 0. The van der Waals surface area contributed by atoms with E-state index in [0.717, 1.165) is 0 Å². The zero-order chi connectivity index (χ0) is 15.2. The number of rotatable bonds is 9. The van der Waals surface area contributed by atoms with Gasteiger partial charge >= 0.3 is 17.9 Å². The molecular formula is C9H16NO8P. The number of carboxylic acids is 3. The molecule has 0 aromatic carbocycles. The van der Waals surface area contributed by atoms with Gasteiger partial charge in [-0.3, -0.25) is 18.9 Å². The van der Waals surface area contributed by atoms with Gasteiger partial charge in [0.05, 0.1) is 18.5 Å². The van der Waals surface area contributed by atoms with E-state index in [-0.39, 0.29) is 6.42 Å². The summed E-state index contributed by atoms with van der Waals surface area (Å²) in [6, 6.07) is -1.35. The van der Waals surface area contributed by atoms with Crippen LogP contribution in [0.1, 0.15) is 19.3 Å². The maximum absolute atomic E-state index is 11.9. The van der Waals surface area contributed by atoms with Crippen molar-refractivity contribution in [1.82, 2.24) is 0 Å². The molecule has 0 aromatic rings. The molecule has 0 saturated carbocycles. The Morgan fingerprint density at radius 1 is 1.05 bits per heavy atom. The molecule has 0 aliphatic carbocycles. The van der Waals surface area contributed by atoms with Crippen LogP contribution in [0.2, 0.25) is 0 Å². The average Bonchev–Trinajstić information content (AvgIpc) is 2.23. The summed E-state index contributed by atoms with van der Waals surface area (Å²) in [5.74, 6) is -4.15. The Bertz CT molecular complexity index is 393. The van der Waals surface area contributed by atoms with Crippen LogP contribution >= 0.6 is 7.37 Å². The normalized spacial score (nSPS) is 15.7. The Hall–Kier alpha value is -1.44. The van der Waals surface area contributed by atoms with Crippen molar-refractivity contribution in [3.8, 4) is 0 Å². The Labute approximate surface area is 108 Å². The number of carboxylic acid groups (broad SMARTS) is 3. The van der Waals surface area contributed by atoms with Crippen LogP contribution in [0.15, 0.2) is 0 Å². The van der Waals surface area contributed by atoms with E-state index in [1.165, 1.54) is 0 Å². The van der Waals surface area contributed by atoms with Crippen LogP contribution in [0.5, 0.6) is 0 Å². The van der Waals surface area contributed by atoms with Crippen LogP contribution in [-0.2, 0) is 18.9 Å². The van der Waals surface area contributed by atoms with Crippen LogP contribution < -0.4 is 5.73 Å². The zero-order valence-electron chi connectivity index (χ0n) is 9.93. The molecule has 19 heavy (non-hydrogen) atoms. The molecule has 0 bridgehead atoms. The minimum atomic E-state index is -4.11. The molecule has 0 aliphatic rings. The van der Waals surface area contributed by atoms with Gasteiger partial charge in [-0.2, -0.15) is 0 Å².